The highest BCUT2D eigenvalue weighted by Crippen LogP contribution is 2.24. The predicted molar refractivity (Wildman–Crippen MR) is 106 cm³/mol. The summed E-state index contributed by atoms with van der Waals surface area (Å²) < 4.78 is 5.21. The van der Waals surface area contributed by atoms with Crippen molar-refractivity contribution in [3.63, 3.8) is 0 Å². The summed E-state index contributed by atoms with van der Waals surface area (Å²) in [5, 5.41) is 3.06. The second kappa shape index (κ2) is 8.51. The molecule has 2 aliphatic heterocycles. The predicted octanol–water partition coefficient (Wildman–Crippen LogP) is 2.31. The molecule has 3 amide bonds. The second-order valence-corrected chi connectivity index (χ2v) is 7.57. The van der Waals surface area contributed by atoms with E-state index in [4.69, 9.17) is 4.42 Å². The van der Waals surface area contributed by atoms with E-state index in [2.05, 4.69) is 5.32 Å². The number of carbonyl (C=O) groups is 3. The molecule has 1 N–H and O–H groups in total. The number of likely N-dealkylation sites (tertiary alicyclic amines) is 2. The van der Waals surface area contributed by atoms with E-state index >= 15 is 0 Å². The average Bonchev–Trinajstić information content (AvgIpc) is 3.46. The molecular weight excluding hydrogens is 370 g/mol. The molecule has 0 spiro atoms. The number of furan rings is 1. The van der Waals surface area contributed by atoms with Crippen LogP contribution in [-0.2, 0) is 4.79 Å². The highest BCUT2D eigenvalue weighted by atomic mass is 16.3. The first kappa shape index (κ1) is 19.2. The van der Waals surface area contributed by atoms with Crippen molar-refractivity contribution in [3.8, 4) is 0 Å². The Morgan fingerprint density at radius 1 is 0.931 bits per heavy atom. The maximum absolute atomic E-state index is 13.0. The smallest absolute Gasteiger partial charge is 0.290 e. The summed E-state index contributed by atoms with van der Waals surface area (Å²) >= 11 is 0. The van der Waals surface area contributed by atoms with Gasteiger partial charge in [-0.1, -0.05) is 18.2 Å². The molecule has 1 unspecified atom stereocenters. The summed E-state index contributed by atoms with van der Waals surface area (Å²) in [6.45, 7) is 1.73. The van der Waals surface area contributed by atoms with Crippen LogP contribution in [0.15, 0.2) is 53.1 Å². The Hall–Kier alpha value is -3.09. The molecule has 0 radical (unpaired) electrons. The van der Waals surface area contributed by atoms with Gasteiger partial charge in [0.2, 0.25) is 5.91 Å². The number of benzene rings is 1. The fraction of sp³-hybridized carbons (Fsp3) is 0.409. The molecule has 4 rings (SSSR count). The minimum absolute atomic E-state index is 0.00441. The Bertz CT molecular complexity index is 857. The number of hydrogen-bond donors (Lipinski definition) is 1. The third-order valence-corrected chi connectivity index (χ3v) is 5.71. The Labute approximate surface area is 169 Å². The third kappa shape index (κ3) is 4.18. The summed E-state index contributed by atoms with van der Waals surface area (Å²) in [5.41, 5.74) is 0.643. The molecule has 2 fully saturated rings. The van der Waals surface area contributed by atoms with Crippen molar-refractivity contribution in [2.24, 2.45) is 0 Å². The lowest BCUT2D eigenvalue weighted by atomic mass is 10.0. The van der Waals surface area contributed by atoms with E-state index in [-0.39, 0.29) is 29.5 Å². The number of nitrogens with one attached hydrogen (secondary N) is 1. The van der Waals surface area contributed by atoms with Crippen LogP contribution in [0.5, 0.6) is 0 Å². The lowest BCUT2D eigenvalue weighted by molar-refractivity contribution is -0.136. The SMILES string of the molecule is O=C(NC1CCN(C(=O)C2CCCN2C(=O)c2ccco2)CC1)c1ccccc1. The van der Waals surface area contributed by atoms with Crippen LogP contribution in [0.2, 0.25) is 0 Å². The highest BCUT2D eigenvalue weighted by molar-refractivity contribution is 5.96. The lowest BCUT2D eigenvalue weighted by Gasteiger charge is -2.35. The van der Waals surface area contributed by atoms with E-state index in [0.29, 0.717) is 44.5 Å². The van der Waals surface area contributed by atoms with Crippen molar-refractivity contribution in [3.05, 3.63) is 60.1 Å². The van der Waals surface area contributed by atoms with Gasteiger partial charge in [-0.15, -0.1) is 0 Å². The standard InChI is InChI=1S/C22H25N3O4/c26-20(16-6-2-1-3-7-16)23-17-10-13-24(14-11-17)21(27)18-8-4-12-25(18)22(28)19-9-5-15-29-19/h1-3,5-7,9,15,17-18H,4,8,10-14H2,(H,23,26). The molecule has 0 saturated carbocycles. The lowest BCUT2D eigenvalue weighted by Crippen LogP contribution is -2.52. The summed E-state index contributed by atoms with van der Waals surface area (Å²) in [6.07, 6.45) is 4.38. The van der Waals surface area contributed by atoms with E-state index < -0.39 is 6.04 Å². The second-order valence-electron chi connectivity index (χ2n) is 7.57. The topological polar surface area (TPSA) is 82.9 Å². The monoisotopic (exact) mass is 395 g/mol. The molecule has 1 atom stereocenters. The first-order chi connectivity index (χ1) is 14.1. The van der Waals surface area contributed by atoms with E-state index in [1.54, 1.807) is 29.2 Å². The molecule has 152 valence electrons. The normalized spacial score (nSPS) is 19.9. The largest absolute Gasteiger partial charge is 0.459 e. The van der Waals surface area contributed by atoms with Crippen LogP contribution in [0.25, 0.3) is 0 Å². The van der Waals surface area contributed by atoms with Gasteiger partial charge >= 0.3 is 0 Å². The number of rotatable bonds is 4. The van der Waals surface area contributed by atoms with Gasteiger partial charge in [-0.25, -0.2) is 0 Å². The van der Waals surface area contributed by atoms with Crippen molar-refractivity contribution in [2.45, 2.75) is 37.8 Å². The number of carbonyl (C=O) groups excluding carboxylic acids is 3. The number of nitrogens with zero attached hydrogens (tertiary/aromatic N) is 2. The molecular formula is C22H25N3O4. The van der Waals surface area contributed by atoms with Crippen LogP contribution in [-0.4, -0.2) is 59.2 Å². The molecule has 1 aromatic carbocycles. The summed E-state index contributed by atoms with van der Waals surface area (Å²) in [6, 6.07) is 12.1. The number of piperidine rings is 1. The van der Waals surface area contributed by atoms with Gasteiger partial charge in [-0.3, -0.25) is 14.4 Å². The number of amides is 3. The van der Waals surface area contributed by atoms with Crippen molar-refractivity contribution in [1.82, 2.24) is 15.1 Å². The zero-order chi connectivity index (χ0) is 20.2. The van der Waals surface area contributed by atoms with Crippen LogP contribution < -0.4 is 5.32 Å². The Balaban J connectivity index is 1.32. The van der Waals surface area contributed by atoms with Crippen molar-refractivity contribution < 1.29 is 18.8 Å². The van der Waals surface area contributed by atoms with E-state index in [1.165, 1.54) is 6.26 Å². The van der Waals surface area contributed by atoms with Gasteiger partial charge < -0.3 is 19.5 Å². The Morgan fingerprint density at radius 2 is 1.69 bits per heavy atom. The van der Waals surface area contributed by atoms with Crippen LogP contribution in [0.4, 0.5) is 0 Å². The zero-order valence-corrected chi connectivity index (χ0v) is 16.3. The molecule has 0 bridgehead atoms. The summed E-state index contributed by atoms with van der Waals surface area (Å²) in [7, 11) is 0. The molecule has 7 nitrogen and oxygen atoms in total. The van der Waals surface area contributed by atoms with E-state index in [9.17, 15) is 14.4 Å². The quantitative estimate of drug-likeness (QED) is 0.861. The van der Waals surface area contributed by atoms with Crippen LogP contribution in [0.3, 0.4) is 0 Å². The Morgan fingerprint density at radius 3 is 2.38 bits per heavy atom. The van der Waals surface area contributed by atoms with Gasteiger partial charge in [0.1, 0.15) is 6.04 Å². The Kier molecular flexibility index (Phi) is 5.64. The van der Waals surface area contributed by atoms with Gasteiger partial charge in [-0.2, -0.15) is 0 Å². The molecule has 1 aromatic heterocycles. The summed E-state index contributed by atoms with van der Waals surface area (Å²) in [4.78, 5) is 41.5. The maximum Gasteiger partial charge on any atom is 0.290 e. The fourth-order valence-corrected chi connectivity index (χ4v) is 4.12. The first-order valence-corrected chi connectivity index (χ1v) is 10.1. The molecule has 3 heterocycles. The van der Waals surface area contributed by atoms with Gasteiger partial charge in [0, 0.05) is 31.2 Å². The van der Waals surface area contributed by atoms with Gasteiger partial charge in [0.05, 0.1) is 6.26 Å². The van der Waals surface area contributed by atoms with Gasteiger partial charge in [0.15, 0.2) is 5.76 Å². The van der Waals surface area contributed by atoms with E-state index in [1.807, 2.05) is 23.1 Å². The van der Waals surface area contributed by atoms with Crippen LogP contribution >= 0.6 is 0 Å². The molecule has 2 saturated heterocycles. The minimum Gasteiger partial charge on any atom is -0.459 e. The van der Waals surface area contributed by atoms with Gasteiger partial charge in [-0.05, 0) is 49.9 Å². The van der Waals surface area contributed by atoms with Crippen molar-refractivity contribution >= 4 is 17.7 Å². The van der Waals surface area contributed by atoms with Crippen molar-refractivity contribution in [1.29, 1.82) is 0 Å². The number of hydrogen-bond acceptors (Lipinski definition) is 4. The van der Waals surface area contributed by atoms with Gasteiger partial charge in [0.25, 0.3) is 11.8 Å². The third-order valence-electron chi connectivity index (χ3n) is 5.71. The van der Waals surface area contributed by atoms with E-state index in [0.717, 1.165) is 6.42 Å². The molecule has 0 aliphatic carbocycles. The highest BCUT2D eigenvalue weighted by Gasteiger charge is 2.38. The van der Waals surface area contributed by atoms with Crippen molar-refractivity contribution in [2.75, 3.05) is 19.6 Å². The first-order valence-electron chi connectivity index (χ1n) is 10.1. The fourth-order valence-electron chi connectivity index (χ4n) is 4.12. The molecule has 2 aromatic rings. The molecule has 7 heteroatoms. The minimum atomic E-state index is -0.428. The van der Waals surface area contributed by atoms with Crippen LogP contribution in [0.1, 0.15) is 46.6 Å². The maximum atomic E-state index is 13.0. The molecule has 2 aliphatic rings. The summed E-state index contributed by atoms with van der Waals surface area (Å²) in [5.74, 6) is -0.0421. The van der Waals surface area contributed by atoms with Crippen LogP contribution in [0, 0.1) is 0 Å². The zero-order valence-electron chi connectivity index (χ0n) is 16.3. The molecule has 29 heavy (non-hydrogen) atoms. The average molecular weight is 395 g/mol.